The number of carbonyl (C=O) groups excluding carboxylic acids is 1. The van der Waals surface area contributed by atoms with Crippen molar-refractivity contribution in [2.24, 2.45) is 16.9 Å². The number of benzene rings is 2. The van der Waals surface area contributed by atoms with E-state index < -0.39 is 0 Å². The molecule has 2 saturated carbocycles. The molecule has 1 atom stereocenters. The van der Waals surface area contributed by atoms with Crippen molar-refractivity contribution in [3.63, 3.8) is 0 Å². The third-order valence-electron chi connectivity index (χ3n) is 5.37. The van der Waals surface area contributed by atoms with Gasteiger partial charge in [0.1, 0.15) is 0 Å². The van der Waals surface area contributed by atoms with Crippen LogP contribution in [0.1, 0.15) is 37.3 Å². The van der Waals surface area contributed by atoms with Crippen LogP contribution < -0.4 is 5.43 Å². The molecule has 3 nitrogen and oxygen atoms in total. The first-order valence-electron chi connectivity index (χ1n) is 8.67. The molecule has 1 N–H and O–H groups in total. The molecule has 2 aromatic carbocycles. The lowest BCUT2D eigenvalue weighted by atomic mass is 9.85. The van der Waals surface area contributed by atoms with Crippen molar-refractivity contribution >= 4 is 11.6 Å². The van der Waals surface area contributed by atoms with Crippen LogP contribution in [0.5, 0.6) is 0 Å². The Morgan fingerprint density at radius 1 is 1.00 bits per heavy atom. The minimum atomic E-state index is -0.213. The van der Waals surface area contributed by atoms with Gasteiger partial charge in [0.05, 0.1) is 5.92 Å². The van der Waals surface area contributed by atoms with E-state index in [0.717, 1.165) is 12.1 Å². The quantitative estimate of drug-likeness (QED) is 0.659. The zero-order valence-electron chi connectivity index (χ0n) is 13.9. The molecular weight excluding hydrogens is 296 g/mol. The second kappa shape index (κ2) is 5.90. The van der Waals surface area contributed by atoms with Crippen LogP contribution in [0.3, 0.4) is 0 Å². The summed E-state index contributed by atoms with van der Waals surface area (Å²) in [6, 6.07) is 20.7. The van der Waals surface area contributed by atoms with E-state index >= 15 is 0 Å². The van der Waals surface area contributed by atoms with Gasteiger partial charge in [0.15, 0.2) is 0 Å². The predicted molar refractivity (Wildman–Crippen MR) is 95.7 cm³/mol. The molecule has 0 aliphatic heterocycles. The third kappa shape index (κ3) is 2.64. The molecule has 0 heterocycles. The van der Waals surface area contributed by atoms with Crippen LogP contribution in [0.4, 0.5) is 0 Å². The maximum atomic E-state index is 12.7. The molecule has 2 fully saturated rings. The fraction of sp³-hybridized carbons (Fsp3) is 0.333. The number of hydrazone groups is 1. The lowest BCUT2D eigenvalue weighted by Crippen LogP contribution is -2.26. The van der Waals surface area contributed by atoms with E-state index in [1.54, 1.807) is 0 Å². The number of nitrogens with zero attached hydrogens (tertiary/aromatic N) is 1. The second-order valence-electron chi connectivity index (χ2n) is 6.96. The lowest BCUT2D eigenvalue weighted by Gasteiger charge is -2.18. The normalized spacial score (nSPS) is 22.0. The highest BCUT2D eigenvalue weighted by atomic mass is 16.2. The topological polar surface area (TPSA) is 41.5 Å². The number of hydrogen-bond acceptors (Lipinski definition) is 2. The highest BCUT2D eigenvalue weighted by Gasteiger charge is 2.60. The van der Waals surface area contributed by atoms with Gasteiger partial charge in [-0.3, -0.25) is 4.79 Å². The molecule has 0 spiro atoms. The Labute approximate surface area is 142 Å². The van der Waals surface area contributed by atoms with Crippen LogP contribution in [0.2, 0.25) is 0 Å². The fourth-order valence-corrected chi connectivity index (χ4v) is 3.67. The molecular formula is C21H22N2O. The van der Waals surface area contributed by atoms with Gasteiger partial charge in [0.2, 0.25) is 5.91 Å². The first-order valence-corrected chi connectivity index (χ1v) is 8.67. The second-order valence-corrected chi connectivity index (χ2v) is 6.96. The molecule has 1 amide bonds. The number of hydrogen-bond donors (Lipinski definition) is 1. The molecule has 2 aliphatic rings. The maximum Gasteiger partial charge on any atom is 0.244 e. The highest BCUT2D eigenvalue weighted by Crippen LogP contribution is 2.58. The average Bonchev–Trinajstić information content (AvgIpc) is 3.54. The maximum absolute atomic E-state index is 12.7. The Morgan fingerprint density at radius 3 is 2.04 bits per heavy atom. The van der Waals surface area contributed by atoms with Crippen molar-refractivity contribution < 1.29 is 4.79 Å². The van der Waals surface area contributed by atoms with Crippen LogP contribution in [0.25, 0.3) is 0 Å². The Morgan fingerprint density at radius 2 is 1.54 bits per heavy atom. The van der Waals surface area contributed by atoms with E-state index in [1.165, 1.54) is 24.0 Å². The Bertz CT molecular complexity index is 723. The van der Waals surface area contributed by atoms with Gasteiger partial charge in [-0.1, -0.05) is 60.7 Å². The summed E-state index contributed by atoms with van der Waals surface area (Å²) in [6.45, 7) is 2.01. The molecule has 3 heteroatoms. The van der Waals surface area contributed by atoms with E-state index in [0.29, 0.717) is 5.92 Å². The van der Waals surface area contributed by atoms with Gasteiger partial charge in [-0.25, -0.2) is 5.43 Å². The van der Waals surface area contributed by atoms with Crippen molar-refractivity contribution in [2.45, 2.75) is 31.6 Å². The minimum Gasteiger partial charge on any atom is -0.273 e. The van der Waals surface area contributed by atoms with Crippen molar-refractivity contribution in [3.05, 3.63) is 71.8 Å². The minimum absolute atomic E-state index is 0.0303. The van der Waals surface area contributed by atoms with Crippen molar-refractivity contribution in [1.82, 2.24) is 5.43 Å². The van der Waals surface area contributed by atoms with Gasteiger partial charge < -0.3 is 0 Å². The van der Waals surface area contributed by atoms with Crippen LogP contribution in [0.15, 0.2) is 65.8 Å². The Balaban J connectivity index is 1.60. The molecule has 1 unspecified atom stereocenters. The monoisotopic (exact) mass is 318 g/mol. The van der Waals surface area contributed by atoms with Gasteiger partial charge in [-0.05, 0) is 43.2 Å². The summed E-state index contributed by atoms with van der Waals surface area (Å²) in [7, 11) is 0. The summed E-state index contributed by atoms with van der Waals surface area (Å²) in [5.74, 6) is 0.554. The highest BCUT2D eigenvalue weighted by molar-refractivity contribution is 5.90. The van der Waals surface area contributed by atoms with Gasteiger partial charge in [0, 0.05) is 11.1 Å². The van der Waals surface area contributed by atoms with Crippen molar-refractivity contribution in [1.29, 1.82) is 0 Å². The zero-order valence-corrected chi connectivity index (χ0v) is 13.9. The van der Waals surface area contributed by atoms with Gasteiger partial charge in [-0.15, -0.1) is 0 Å². The van der Waals surface area contributed by atoms with E-state index in [9.17, 15) is 4.79 Å². The van der Waals surface area contributed by atoms with E-state index in [-0.39, 0.29) is 17.2 Å². The Kier molecular flexibility index (Phi) is 3.72. The first-order chi connectivity index (χ1) is 11.7. The number of rotatable bonds is 5. The summed E-state index contributed by atoms with van der Waals surface area (Å²) >= 11 is 0. The summed E-state index contributed by atoms with van der Waals surface area (Å²) in [5.41, 5.74) is 6.06. The SMILES string of the molecule is CC(=NNC(=O)C1CC1(c1ccccc1)c1ccccc1)C1CC1. The van der Waals surface area contributed by atoms with Gasteiger partial charge in [0.25, 0.3) is 0 Å². The standard InChI is InChI=1S/C21H22N2O/c1-15(16-12-13-16)22-23-20(24)19-14-21(19,17-8-4-2-5-9-17)18-10-6-3-7-11-18/h2-11,16,19H,12-14H2,1H3,(H,23,24). The summed E-state index contributed by atoms with van der Waals surface area (Å²) in [5, 5.41) is 4.32. The van der Waals surface area contributed by atoms with Gasteiger partial charge in [-0.2, -0.15) is 5.10 Å². The molecule has 0 aromatic heterocycles. The van der Waals surface area contributed by atoms with Crippen molar-refractivity contribution in [3.8, 4) is 0 Å². The summed E-state index contributed by atoms with van der Waals surface area (Å²) in [6.07, 6.45) is 3.24. The number of nitrogens with one attached hydrogen (secondary N) is 1. The lowest BCUT2D eigenvalue weighted by molar-refractivity contribution is -0.122. The molecule has 0 bridgehead atoms. The molecule has 4 rings (SSSR count). The molecule has 0 radical (unpaired) electrons. The largest absolute Gasteiger partial charge is 0.273 e. The van der Waals surface area contributed by atoms with Crippen molar-refractivity contribution in [2.75, 3.05) is 0 Å². The van der Waals surface area contributed by atoms with Crippen LogP contribution in [-0.4, -0.2) is 11.6 Å². The Hall–Kier alpha value is -2.42. The number of amides is 1. The predicted octanol–water partition coefficient (Wildman–Crippen LogP) is 3.89. The smallest absolute Gasteiger partial charge is 0.244 e. The van der Waals surface area contributed by atoms with E-state index in [4.69, 9.17) is 0 Å². The fourth-order valence-electron chi connectivity index (χ4n) is 3.67. The van der Waals surface area contributed by atoms with E-state index in [2.05, 4.69) is 34.8 Å². The summed E-state index contributed by atoms with van der Waals surface area (Å²) < 4.78 is 0. The average molecular weight is 318 g/mol. The third-order valence-corrected chi connectivity index (χ3v) is 5.37. The van der Waals surface area contributed by atoms with Crippen LogP contribution in [-0.2, 0) is 10.2 Å². The molecule has 0 saturated heterocycles. The number of carbonyl (C=O) groups is 1. The van der Waals surface area contributed by atoms with Crippen LogP contribution in [0, 0.1) is 11.8 Å². The molecule has 24 heavy (non-hydrogen) atoms. The van der Waals surface area contributed by atoms with E-state index in [1.807, 2.05) is 43.3 Å². The van der Waals surface area contributed by atoms with Crippen LogP contribution >= 0.6 is 0 Å². The molecule has 2 aromatic rings. The molecule has 2 aliphatic carbocycles. The zero-order chi connectivity index (χ0) is 16.6. The van der Waals surface area contributed by atoms with Gasteiger partial charge >= 0.3 is 0 Å². The molecule has 122 valence electrons. The summed E-state index contributed by atoms with van der Waals surface area (Å²) in [4.78, 5) is 12.7. The first kappa shape index (κ1) is 15.1.